The Morgan fingerprint density at radius 2 is 1.62 bits per heavy atom. The van der Waals surface area contributed by atoms with Crippen molar-refractivity contribution >= 4 is 44.3 Å². The van der Waals surface area contributed by atoms with Gasteiger partial charge in [-0.05, 0) is 42.9 Å². The predicted molar refractivity (Wildman–Crippen MR) is 148 cm³/mol. The molecule has 0 bridgehead atoms. The number of sulfonamides is 1. The van der Waals surface area contributed by atoms with Crippen molar-refractivity contribution in [2.75, 3.05) is 55.6 Å². The van der Waals surface area contributed by atoms with Crippen LogP contribution in [0.2, 0.25) is 0 Å². The van der Waals surface area contributed by atoms with E-state index in [2.05, 4.69) is 16.0 Å². The van der Waals surface area contributed by atoms with Crippen LogP contribution in [0.4, 0.5) is 17.1 Å². The molecule has 194 valence electrons. The Morgan fingerprint density at radius 1 is 0.973 bits per heavy atom. The maximum absolute atomic E-state index is 13.2. The third-order valence-corrected chi connectivity index (χ3v) is 7.16. The van der Waals surface area contributed by atoms with E-state index in [0.717, 1.165) is 5.56 Å². The van der Waals surface area contributed by atoms with Crippen LogP contribution in [0.5, 0.6) is 11.5 Å². The third kappa shape index (κ3) is 5.55. The van der Waals surface area contributed by atoms with Crippen molar-refractivity contribution in [1.82, 2.24) is 5.32 Å². The summed E-state index contributed by atoms with van der Waals surface area (Å²) in [7, 11) is 1.42. The summed E-state index contributed by atoms with van der Waals surface area (Å²) >= 11 is 0. The number of ether oxygens (including phenoxy) is 2. The minimum absolute atomic E-state index is 0.261. The average Bonchev–Trinajstić information content (AvgIpc) is 3.21. The number of rotatable bonds is 10. The summed E-state index contributed by atoms with van der Waals surface area (Å²) < 4.78 is 36.9. The van der Waals surface area contributed by atoms with E-state index in [-0.39, 0.29) is 5.91 Å². The van der Waals surface area contributed by atoms with Crippen LogP contribution in [0.3, 0.4) is 0 Å². The van der Waals surface area contributed by atoms with Gasteiger partial charge in [-0.2, -0.15) is 0 Å². The zero-order valence-corrected chi connectivity index (χ0v) is 22.0. The number of nitrogens with one attached hydrogen (secondary N) is 3. The molecule has 1 heterocycles. The molecule has 0 aromatic heterocycles. The highest BCUT2D eigenvalue weighted by molar-refractivity contribution is 7.92. The molecule has 3 N–H and O–H groups in total. The molecule has 4 rings (SSSR count). The standard InChI is InChI=1S/C27H30N4O5S/c1-28-14-15-31(37(4,33)34)20-12-10-19(11-13-20)29-26(18-8-6-5-7-9-18)25-21-16-23(35-2)24(36-3)17-22(21)30-27(25)32/h5-13,16-17,28-29H,14-15H2,1-4H3,(H,30,32)/b26-25-. The summed E-state index contributed by atoms with van der Waals surface area (Å²) in [5.74, 6) is 0.763. The quantitative estimate of drug-likeness (QED) is 0.349. The lowest BCUT2D eigenvalue weighted by atomic mass is 9.99. The SMILES string of the molecule is CNCCN(c1ccc(N/C(=C2\C(=O)Nc3cc(OC)c(OC)cc32)c2ccccc2)cc1)S(C)(=O)=O. The van der Waals surface area contributed by atoms with E-state index < -0.39 is 10.0 Å². The van der Waals surface area contributed by atoms with E-state index in [0.29, 0.717) is 58.5 Å². The molecule has 1 aliphatic rings. The predicted octanol–water partition coefficient (Wildman–Crippen LogP) is 3.62. The molecule has 0 saturated heterocycles. The molecule has 10 heteroatoms. The Labute approximate surface area is 217 Å². The number of nitrogens with zero attached hydrogens (tertiary/aromatic N) is 1. The molecule has 0 aliphatic carbocycles. The van der Waals surface area contributed by atoms with Crippen molar-refractivity contribution < 1.29 is 22.7 Å². The summed E-state index contributed by atoms with van der Waals surface area (Å²) in [6, 6.07) is 20.1. The number of amides is 1. The van der Waals surface area contributed by atoms with Crippen molar-refractivity contribution in [3.63, 3.8) is 0 Å². The van der Waals surface area contributed by atoms with Crippen LogP contribution in [0.25, 0.3) is 11.3 Å². The highest BCUT2D eigenvalue weighted by atomic mass is 32.2. The molecule has 0 radical (unpaired) electrons. The van der Waals surface area contributed by atoms with Crippen molar-refractivity contribution in [2.24, 2.45) is 0 Å². The van der Waals surface area contributed by atoms with Gasteiger partial charge in [-0.25, -0.2) is 8.42 Å². The molecule has 0 atom stereocenters. The Balaban J connectivity index is 1.78. The van der Waals surface area contributed by atoms with Crippen molar-refractivity contribution in [2.45, 2.75) is 0 Å². The number of fused-ring (bicyclic) bond motifs is 1. The molecular formula is C27H30N4O5S. The third-order valence-electron chi connectivity index (χ3n) is 5.97. The fraction of sp³-hybridized carbons (Fsp3) is 0.222. The van der Waals surface area contributed by atoms with Gasteiger partial charge < -0.3 is 25.4 Å². The molecule has 1 aliphatic heterocycles. The lowest BCUT2D eigenvalue weighted by molar-refractivity contribution is -0.110. The number of methoxy groups -OCH3 is 2. The Kier molecular flexibility index (Phi) is 7.70. The van der Waals surface area contributed by atoms with Gasteiger partial charge >= 0.3 is 0 Å². The van der Waals surface area contributed by atoms with Gasteiger partial charge in [-0.1, -0.05) is 30.3 Å². The first-order valence-electron chi connectivity index (χ1n) is 11.6. The molecule has 0 fully saturated rings. The van der Waals surface area contributed by atoms with Crippen LogP contribution in [0.15, 0.2) is 66.7 Å². The monoisotopic (exact) mass is 522 g/mol. The van der Waals surface area contributed by atoms with Crippen LogP contribution in [0, 0.1) is 0 Å². The molecule has 0 spiro atoms. The highest BCUT2D eigenvalue weighted by Crippen LogP contribution is 2.43. The Morgan fingerprint density at radius 3 is 2.22 bits per heavy atom. The molecule has 3 aromatic carbocycles. The molecule has 0 unspecified atom stereocenters. The van der Waals surface area contributed by atoms with E-state index in [9.17, 15) is 13.2 Å². The minimum atomic E-state index is -3.45. The van der Waals surface area contributed by atoms with Gasteiger partial charge in [0.15, 0.2) is 11.5 Å². The van der Waals surface area contributed by atoms with Crippen molar-refractivity contribution in [3.05, 3.63) is 77.9 Å². The van der Waals surface area contributed by atoms with E-state index in [4.69, 9.17) is 9.47 Å². The first kappa shape index (κ1) is 26.1. The van der Waals surface area contributed by atoms with E-state index in [1.807, 2.05) is 30.3 Å². The first-order chi connectivity index (χ1) is 17.8. The summed E-state index contributed by atoms with van der Waals surface area (Å²) in [4.78, 5) is 13.2. The van der Waals surface area contributed by atoms with E-state index >= 15 is 0 Å². The Hall–Kier alpha value is -4.02. The van der Waals surface area contributed by atoms with Gasteiger partial charge in [0.2, 0.25) is 10.0 Å². The normalized spacial score (nSPS) is 14.0. The molecule has 9 nitrogen and oxygen atoms in total. The fourth-order valence-electron chi connectivity index (χ4n) is 4.18. The van der Waals surface area contributed by atoms with Crippen LogP contribution in [-0.4, -0.2) is 54.9 Å². The first-order valence-corrected chi connectivity index (χ1v) is 13.5. The maximum atomic E-state index is 13.2. The summed E-state index contributed by atoms with van der Waals surface area (Å²) in [6.45, 7) is 0.823. The smallest absolute Gasteiger partial charge is 0.258 e. The number of benzene rings is 3. The van der Waals surface area contributed by atoms with Crippen LogP contribution < -0.4 is 29.7 Å². The van der Waals surface area contributed by atoms with E-state index in [1.165, 1.54) is 10.6 Å². The lowest BCUT2D eigenvalue weighted by Gasteiger charge is -2.23. The van der Waals surface area contributed by atoms with Crippen molar-refractivity contribution in [3.8, 4) is 11.5 Å². The number of anilines is 3. The van der Waals surface area contributed by atoms with E-state index in [1.54, 1.807) is 57.7 Å². The zero-order chi connectivity index (χ0) is 26.6. The number of likely N-dealkylation sites (N-methyl/N-ethyl adjacent to an activating group) is 1. The summed E-state index contributed by atoms with van der Waals surface area (Å²) in [5, 5.41) is 9.28. The second-order valence-electron chi connectivity index (χ2n) is 8.43. The largest absolute Gasteiger partial charge is 0.493 e. The number of carbonyl (C=O) groups excluding carboxylic acids is 1. The van der Waals surface area contributed by atoms with Gasteiger partial charge in [0.05, 0.1) is 43.1 Å². The second kappa shape index (κ2) is 10.9. The number of hydrogen-bond acceptors (Lipinski definition) is 7. The van der Waals surface area contributed by atoms with Crippen LogP contribution >= 0.6 is 0 Å². The Bertz CT molecular complexity index is 1420. The van der Waals surface area contributed by atoms with Gasteiger partial charge in [0, 0.05) is 30.4 Å². The number of hydrogen-bond donors (Lipinski definition) is 3. The van der Waals surface area contributed by atoms with Gasteiger partial charge in [-0.3, -0.25) is 9.10 Å². The number of carbonyl (C=O) groups is 1. The summed E-state index contributed by atoms with van der Waals surface area (Å²) in [6.07, 6.45) is 1.19. The van der Waals surface area contributed by atoms with Gasteiger partial charge in [0.25, 0.3) is 5.91 Å². The molecule has 3 aromatic rings. The zero-order valence-electron chi connectivity index (χ0n) is 21.2. The summed E-state index contributed by atoms with van der Waals surface area (Å²) in [5.41, 5.74) is 4.42. The average molecular weight is 523 g/mol. The minimum Gasteiger partial charge on any atom is -0.493 e. The van der Waals surface area contributed by atoms with Crippen LogP contribution in [-0.2, 0) is 14.8 Å². The second-order valence-corrected chi connectivity index (χ2v) is 10.3. The lowest BCUT2D eigenvalue weighted by Crippen LogP contribution is -2.35. The topological polar surface area (TPSA) is 109 Å². The fourth-order valence-corrected chi connectivity index (χ4v) is 5.11. The van der Waals surface area contributed by atoms with Gasteiger partial charge in [0.1, 0.15) is 0 Å². The molecule has 37 heavy (non-hydrogen) atoms. The molecule has 0 saturated carbocycles. The maximum Gasteiger partial charge on any atom is 0.258 e. The van der Waals surface area contributed by atoms with Gasteiger partial charge in [-0.15, -0.1) is 0 Å². The molecule has 1 amide bonds. The van der Waals surface area contributed by atoms with Crippen molar-refractivity contribution in [1.29, 1.82) is 0 Å². The highest BCUT2D eigenvalue weighted by Gasteiger charge is 2.30. The van der Waals surface area contributed by atoms with Crippen LogP contribution in [0.1, 0.15) is 11.1 Å². The molecular weight excluding hydrogens is 492 g/mol.